The average molecular weight is 238 g/mol. The van der Waals surface area contributed by atoms with Crippen LogP contribution in [0.25, 0.3) is 11.0 Å². The van der Waals surface area contributed by atoms with Gasteiger partial charge in [-0.25, -0.2) is 0 Å². The Morgan fingerprint density at radius 1 is 1.25 bits per heavy atom. The first kappa shape index (κ1) is 11.5. The van der Waals surface area contributed by atoms with Gasteiger partial charge in [-0.2, -0.15) is 12.6 Å². The van der Waals surface area contributed by atoms with Gasteiger partial charge in [0.05, 0.1) is 12.4 Å². The van der Waals surface area contributed by atoms with Gasteiger partial charge in [0.1, 0.15) is 11.7 Å². The molecule has 0 fully saturated rings. The molecule has 0 spiro atoms. The Morgan fingerprint density at radius 2 is 2.06 bits per heavy atom. The highest BCUT2D eigenvalue weighted by molar-refractivity contribution is 7.80. The van der Waals surface area contributed by atoms with Crippen LogP contribution in [0.3, 0.4) is 0 Å². The van der Waals surface area contributed by atoms with E-state index in [2.05, 4.69) is 12.6 Å². The third-order valence-corrected chi connectivity index (χ3v) is 2.87. The standard InChI is InChI=1S/C12H14O3S/c13-10(4-6-16)12(14)9-1-2-11-8(7-9)3-5-15-11/h1-3,5,7,10,12-14,16H,4,6H2. The summed E-state index contributed by atoms with van der Waals surface area (Å²) in [5.41, 5.74) is 1.47. The molecule has 0 bridgehead atoms. The van der Waals surface area contributed by atoms with E-state index in [1.54, 1.807) is 18.4 Å². The van der Waals surface area contributed by atoms with E-state index in [4.69, 9.17) is 4.42 Å². The van der Waals surface area contributed by atoms with Gasteiger partial charge in [-0.1, -0.05) is 6.07 Å². The van der Waals surface area contributed by atoms with E-state index in [9.17, 15) is 10.2 Å². The first-order valence-corrected chi connectivity index (χ1v) is 5.80. The van der Waals surface area contributed by atoms with Crippen molar-refractivity contribution in [2.24, 2.45) is 0 Å². The van der Waals surface area contributed by atoms with Crippen molar-refractivity contribution in [2.45, 2.75) is 18.6 Å². The van der Waals surface area contributed by atoms with E-state index in [-0.39, 0.29) is 0 Å². The summed E-state index contributed by atoms with van der Waals surface area (Å²) in [5, 5.41) is 20.5. The predicted molar refractivity (Wildman–Crippen MR) is 65.7 cm³/mol. The minimum absolute atomic E-state index is 0.466. The number of aliphatic hydroxyl groups excluding tert-OH is 2. The number of benzene rings is 1. The fraction of sp³-hybridized carbons (Fsp3) is 0.333. The molecule has 0 aliphatic rings. The summed E-state index contributed by atoms with van der Waals surface area (Å²) >= 11 is 4.03. The molecule has 4 heteroatoms. The number of hydrogen-bond donors (Lipinski definition) is 3. The molecule has 86 valence electrons. The zero-order valence-corrected chi connectivity index (χ0v) is 9.60. The quantitative estimate of drug-likeness (QED) is 0.715. The first-order chi connectivity index (χ1) is 7.72. The number of hydrogen-bond acceptors (Lipinski definition) is 4. The monoisotopic (exact) mass is 238 g/mol. The van der Waals surface area contributed by atoms with Crippen LogP contribution in [0.2, 0.25) is 0 Å². The van der Waals surface area contributed by atoms with Crippen LogP contribution in [0, 0.1) is 0 Å². The minimum atomic E-state index is -0.869. The maximum Gasteiger partial charge on any atom is 0.133 e. The molecule has 3 nitrogen and oxygen atoms in total. The number of fused-ring (bicyclic) bond motifs is 1. The van der Waals surface area contributed by atoms with Crippen LogP contribution in [-0.2, 0) is 0 Å². The van der Waals surface area contributed by atoms with Crippen molar-refractivity contribution in [3.05, 3.63) is 36.1 Å². The summed E-state index contributed by atoms with van der Waals surface area (Å²) in [6.45, 7) is 0. The van der Waals surface area contributed by atoms with Gasteiger partial charge in [0.2, 0.25) is 0 Å². The molecule has 2 aromatic rings. The van der Waals surface area contributed by atoms with Gasteiger partial charge in [-0.05, 0) is 35.9 Å². The largest absolute Gasteiger partial charge is 0.464 e. The lowest BCUT2D eigenvalue weighted by atomic mass is 10.0. The van der Waals surface area contributed by atoms with Crippen LogP contribution >= 0.6 is 12.6 Å². The SMILES string of the molecule is OC(CCS)C(O)c1ccc2occc2c1. The Kier molecular flexibility index (Phi) is 3.53. The number of rotatable bonds is 4. The van der Waals surface area contributed by atoms with E-state index >= 15 is 0 Å². The van der Waals surface area contributed by atoms with Crippen LogP contribution in [0.5, 0.6) is 0 Å². The Hall–Kier alpha value is -0.970. The van der Waals surface area contributed by atoms with Crippen LogP contribution in [0.4, 0.5) is 0 Å². The molecule has 1 heterocycles. The summed E-state index contributed by atoms with van der Waals surface area (Å²) in [6.07, 6.45) is 0.423. The Bertz CT molecular complexity index is 466. The van der Waals surface area contributed by atoms with E-state index < -0.39 is 12.2 Å². The second kappa shape index (κ2) is 4.91. The molecule has 0 aliphatic carbocycles. The van der Waals surface area contributed by atoms with Gasteiger partial charge in [-0.3, -0.25) is 0 Å². The lowest BCUT2D eigenvalue weighted by Gasteiger charge is -2.17. The van der Waals surface area contributed by atoms with Crippen LogP contribution < -0.4 is 0 Å². The molecule has 1 aromatic carbocycles. The summed E-state index contributed by atoms with van der Waals surface area (Å²) in [4.78, 5) is 0. The zero-order valence-electron chi connectivity index (χ0n) is 8.71. The molecule has 0 radical (unpaired) electrons. The van der Waals surface area contributed by atoms with Crippen molar-refractivity contribution in [1.29, 1.82) is 0 Å². The van der Waals surface area contributed by atoms with Gasteiger partial charge < -0.3 is 14.6 Å². The molecule has 0 aliphatic heterocycles. The topological polar surface area (TPSA) is 53.6 Å². The van der Waals surface area contributed by atoms with Gasteiger partial charge in [-0.15, -0.1) is 0 Å². The Labute approximate surface area is 99.1 Å². The fourth-order valence-electron chi connectivity index (χ4n) is 1.68. The molecule has 2 N–H and O–H groups in total. The average Bonchev–Trinajstić information content (AvgIpc) is 2.75. The predicted octanol–water partition coefficient (Wildman–Crippen LogP) is 2.15. The maximum absolute atomic E-state index is 9.90. The van der Waals surface area contributed by atoms with Crippen molar-refractivity contribution >= 4 is 23.6 Å². The summed E-state index contributed by atoms with van der Waals surface area (Å²) in [6, 6.07) is 7.21. The highest BCUT2D eigenvalue weighted by Gasteiger charge is 2.17. The van der Waals surface area contributed by atoms with Crippen molar-refractivity contribution < 1.29 is 14.6 Å². The van der Waals surface area contributed by atoms with E-state index in [1.807, 2.05) is 12.1 Å². The molecule has 0 amide bonds. The van der Waals surface area contributed by atoms with Gasteiger partial charge >= 0.3 is 0 Å². The Balaban J connectivity index is 2.24. The lowest BCUT2D eigenvalue weighted by Crippen LogP contribution is -2.18. The molecule has 16 heavy (non-hydrogen) atoms. The van der Waals surface area contributed by atoms with E-state index in [1.165, 1.54) is 0 Å². The van der Waals surface area contributed by atoms with Crippen LogP contribution in [0.1, 0.15) is 18.1 Å². The van der Waals surface area contributed by atoms with Crippen LogP contribution in [0.15, 0.2) is 34.9 Å². The fourth-order valence-corrected chi connectivity index (χ4v) is 1.95. The smallest absolute Gasteiger partial charge is 0.133 e. The lowest BCUT2D eigenvalue weighted by molar-refractivity contribution is 0.0173. The van der Waals surface area contributed by atoms with Crippen molar-refractivity contribution in [1.82, 2.24) is 0 Å². The van der Waals surface area contributed by atoms with Crippen LogP contribution in [-0.4, -0.2) is 22.1 Å². The maximum atomic E-state index is 9.90. The summed E-state index contributed by atoms with van der Waals surface area (Å²) in [7, 11) is 0. The third-order valence-electron chi connectivity index (χ3n) is 2.61. The number of aliphatic hydroxyl groups is 2. The summed E-state index contributed by atoms with van der Waals surface area (Å²) in [5.74, 6) is 0.548. The zero-order chi connectivity index (χ0) is 11.5. The normalized spacial score (nSPS) is 15.2. The molecule has 2 rings (SSSR count). The molecule has 0 saturated carbocycles. The summed E-state index contributed by atoms with van der Waals surface area (Å²) < 4.78 is 5.20. The van der Waals surface area contributed by atoms with E-state index in [0.717, 1.165) is 11.0 Å². The highest BCUT2D eigenvalue weighted by atomic mass is 32.1. The molecule has 0 saturated heterocycles. The van der Waals surface area contributed by atoms with Gasteiger partial charge in [0, 0.05) is 5.39 Å². The minimum Gasteiger partial charge on any atom is -0.464 e. The molecular formula is C12H14O3S. The molecule has 2 unspecified atom stereocenters. The second-order valence-electron chi connectivity index (χ2n) is 3.74. The van der Waals surface area contributed by atoms with Crippen molar-refractivity contribution in [3.63, 3.8) is 0 Å². The van der Waals surface area contributed by atoms with Crippen molar-refractivity contribution in [3.8, 4) is 0 Å². The highest BCUT2D eigenvalue weighted by Crippen LogP contribution is 2.24. The van der Waals surface area contributed by atoms with Gasteiger partial charge in [0.15, 0.2) is 0 Å². The third kappa shape index (κ3) is 2.24. The van der Waals surface area contributed by atoms with E-state index in [0.29, 0.717) is 17.7 Å². The molecule has 2 atom stereocenters. The molecule has 1 aromatic heterocycles. The van der Waals surface area contributed by atoms with Gasteiger partial charge in [0.25, 0.3) is 0 Å². The first-order valence-electron chi connectivity index (χ1n) is 5.16. The number of furan rings is 1. The molecular weight excluding hydrogens is 224 g/mol. The van der Waals surface area contributed by atoms with Crippen molar-refractivity contribution in [2.75, 3.05) is 5.75 Å². The number of thiol groups is 1. The Morgan fingerprint density at radius 3 is 2.81 bits per heavy atom. The second-order valence-corrected chi connectivity index (χ2v) is 4.19.